The molecular formula is C28H29N5O5. The number of anilines is 1. The number of fused-ring (bicyclic) bond motifs is 1. The summed E-state index contributed by atoms with van der Waals surface area (Å²) in [5, 5.41) is 27.0. The lowest BCUT2D eigenvalue weighted by Crippen LogP contribution is -2.30. The van der Waals surface area contributed by atoms with Gasteiger partial charge in [0.15, 0.2) is 0 Å². The SMILES string of the molecule is Cc1ccc(C(CC(=O)O)NC(=O)c2ccn3c(NC(C)(C)C)c(-c4cccc([N+](=O)[O-])c4)nc3c2)cc1. The van der Waals surface area contributed by atoms with Gasteiger partial charge >= 0.3 is 5.97 Å². The molecule has 3 N–H and O–H groups in total. The summed E-state index contributed by atoms with van der Waals surface area (Å²) in [6.45, 7) is 7.89. The first-order valence-electron chi connectivity index (χ1n) is 12.1. The number of carbonyl (C=O) groups excluding carboxylic acids is 1. The number of nitrogens with one attached hydrogen (secondary N) is 2. The fourth-order valence-corrected chi connectivity index (χ4v) is 4.10. The quantitative estimate of drug-likeness (QED) is 0.212. The van der Waals surface area contributed by atoms with Gasteiger partial charge < -0.3 is 15.7 Å². The zero-order valence-electron chi connectivity index (χ0n) is 21.6. The molecule has 196 valence electrons. The van der Waals surface area contributed by atoms with E-state index in [1.165, 1.54) is 12.1 Å². The molecule has 1 atom stereocenters. The topological polar surface area (TPSA) is 139 Å². The van der Waals surface area contributed by atoms with Crippen LogP contribution in [0.5, 0.6) is 0 Å². The van der Waals surface area contributed by atoms with Crippen molar-refractivity contribution >= 4 is 29.0 Å². The number of aliphatic carboxylic acids is 1. The number of nitro groups is 1. The number of aromatic nitrogens is 2. The molecule has 2 aromatic carbocycles. The number of aryl methyl sites for hydroxylation is 1. The van der Waals surface area contributed by atoms with Crippen molar-refractivity contribution in [2.24, 2.45) is 0 Å². The van der Waals surface area contributed by atoms with Gasteiger partial charge in [-0.15, -0.1) is 0 Å². The summed E-state index contributed by atoms with van der Waals surface area (Å²) in [6, 6.07) is 16.1. The second kappa shape index (κ2) is 10.3. The van der Waals surface area contributed by atoms with Crippen LogP contribution in [0, 0.1) is 17.0 Å². The van der Waals surface area contributed by atoms with Crippen LogP contribution in [-0.2, 0) is 4.79 Å². The van der Waals surface area contributed by atoms with Crippen LogP contribution in [-0.4, -0.2) is 36.8 Å². The number of hydrogen-bond acceptors (Lipinski definition) is 6. The van der Waals surface area contributed by atoms with Gasteiger partial charge in [-0.25, -0.2) is 4.98 Å². The summed E-state index contributed by atoms with van der Waals surface area (Å²) in [4.78, 5) is 40.3. The van der Waals surface area contributed by atoms with Gasteiger partial charge in [-0.05, 0) is 45.4 Å². The Balaban J connectivity index is 1.73. The van der Waals surface area contributed by atoms with Crippen LogP contribution >= 0.6 is 0 Å². The van der Waals surface area contributed by atoms with Gasteiger partial charge in [0.25, 0.3) is 11.6 Å². The highest BCUT2D eigenvalue weighted by atomic mass is 16.6. The Morgan fingerprint density at radius 2 is 1.82 bits per heavy atom. The van der Waals surface area contributed by atoms with Crippen LogP contribution in [0.25, 0.3) is 16.9 Å². The number of rotatable bonds is 8. The van der Waals surface area contributed by atoms with Crippen molar-refractivity contribution in [3.8, 4) is 11.3 Å². The summed E-state index contributed by atoms with van der Waals surface area (Å²) in [5.74, 6) is -0.841. The van der Waals surface area contributed by atoms with E-state index in [1.54, 1.807) is 47.0 Å². The molecule has 0 bridgehead atoms. The number of imidazole rings is 1. The summed E-state index contributed by atoms with van der Waals surface area (Å²) in [6.07, 6.45) is 1.43. The van der Waals surface area contributed by atoms with Crippen molar-refractivity contribution in [2.75, 3.05) is 5.32 Å². The maximum atomic E-state index is 13.2. The van der Waals surface area contributed by atoms with E-state index in [0.29, 0.717) is 33.8 Å². The molecule has 10 heteroatoms. The van der Waals surface area contributed by atoms with E-state index in [9.17, 15) is 24.8 Å². The Hall–Kier alpha value is -4.73. The highest BCUT2D eigenvalue weighted by Gasteiger charge is 2.23. The third-order valence-corrected chi connectivity index (χ3v) is 5.88. The summed E-state index contributed by atoms with van der Waals surface area (Å²) in [5.41, 5.74) is 3.14. The van der Waals surface area contributed by atoms with E-state index in [2.05, 4.69) is 10.6 Å². The van der Waals surface area contributed by atoms with Crippen LogP contribution in [0.4, 0.5) is 11.5 Å². The van der Waals surface area contributed by atoms with Gasteiger partial charge in [-0.3, -0.25) is 24.1 Å². The van der Waals surface area contributed by atoms with E-state index in [1.807, 2.05) is 39.8 Å². The molecule has 2 aromatic heterocycles. The van der Waals surface area contributed by atoms with Crippen molar-refractivity contribution in [3.05, 3.63) is 93.7 Å². The lowest BCUT2D eigenvalue weighted by atomic mass is 10.0. The van der Waals surface area contributed by atoms with E-state index in [-0.39, 0.29) is 17.6 Å². The number of carboxylic acid groups (broad SMARTS) is 1. The van der Waals surface area contributed by atoms with Gasteiger partial charge in [0.2, 0.25) is 0 Å². The predicted octanol–water partition coefficient (Wildman–Crippen LogP) is 5.37. The Kier molecular flexibility index (Phi) is 7.16. The third kappa shape index (κ3) is 5.97. The average Bonchev–Trinajstić information content (AvgIpc) is 3.20. The molecule has 0 aliphatic rings. The monoisotopic (exact) mass is 515 g/mol. The minimum absolute atomic E-state index is 0.0538. The molecule has 0 aliphatic heterocycles. The highest BCUT2D eigenvalue weighted by molar-refractivity contribution is 5.96. The van der Waals surface area contributed by atoms with Gasteiger partial charge in [0.1, 0.15) is 17.2 Å². The highest BCUT2D eigenvalue weighted by Crippen LogP contribution is 2.33. The molecule has 0 saturated carbocycles. The van der Waals surface area contributed by atoms with Gasteiger partial charge in [-0.1, -0.05) is 42.0 Å². The first-order chi connectivity index (χ1) is 17.9. The average molecular weight is 516 g/mol. The first-order valence-corrected chi connectivity index (χ1v) is 12.1. The summed E-state index contributed by atoms with van der Waals surface area (Å²) in [7, 11) is 0. The van der Waals surface area contributed by atoms with E-state index < -0.39 is 22.8 Å². The number of nitro benzene ring substituents is 1. The molecule has 0 fully saturated rings. The summed E-state index contributed by atoms with van der Waals surface area (Å²) < 4.78 is 1.78. The third-order valence-electron chi connectivity index (χ3n) is 5.88. The molecule has 10 nitrogen and oxygen atoms in total. The molecule has 0 radical (unpaired) electrons. The molecule has 0 spiro atoms. The van der Waals surface area contributed by atoms with Crippen LogP contribution in [0.3, 0.4) is 0 Å². The van der Waals surface area contributed by atoms with E-state index in [0.717, 1.165) is 5.56 Å². The smallest absolute Gasteiger partial charge is 0.305 e. The minimum Gasteiger partial charge on any atom is -0.481 e. The lowest BCUT2D eigenvalue weighted by Gasteiger charge is -2.22. The van der Waals surface area contributed by atoms with Gasteiger partial charge in [-0.2, -0.15) is 0 Å². The standard InChI is InChI=1S/C28H29N5O5/c1-17-8-10-18(11-9-17)22(16-24(34)35)29-27(36)20-12-13-32-23(15-20)30-25(26(32)31-28(2,3)4)19-6-5-7-21(14-19)33(37)38/h5-15,22,31H,16H2,1-4H3,(H,29,36)(H,34,35). The van der Waals surface area contributed by atoms with Crippen LogP contribution in [0.1, 0.15) is 54.7 Å². The second-order valence-electron chi connectivity index (χ2n) is 10.2. The molecular weight excluding hydrogens is 486 g/mol. The number of amides is 1. The predicted molar refractivity (Wildman–Crippen MR) is 144 cm³/mol. The van der Waals surface area contributed by atoms with Crippen molar-refractivity contribution in [1.82, 2.24) is 14.7 Å². The van der Waals surface area contributed by atoms with Crippen molar-refractivity contribution in [2.45, 2.75) is 45.7 Å². The minimum atomic E-state index is -1.03. The fourth-order valence-electron chi connectivity index (χ4n) is 4.10. The molecule has 0 aliphatic carbocycles. The number of carbonyl (C=O) groups is 2. The van der Waals surface area contributed by atoms with Gasteiger partial charge in [0.05, 0.1) is 17.4 Å². The molecule has 4 aromatic rings. The zero-order chi connectivity index (χ0) is 27.6. The number of pyridine rings is 1. The normalized spacial score (nSPS) is 12.2. The van der Waals surface area contributed by atoms with Crippen LogP contribution in [0.2, 0.25) is 0 Å². The Morgan fingerprint density at radius 3 is 2.45 bits per heavy atom. The van der Waals surface area contributed by atoms with Crippen molar-refractivity contribution in [3.63, 3.8) is 0 Å². The molecule has 0 saturated heterocycles. The van der Waals surface area contributed by atoms with Crippen molar-refractivity contribution in [1.29, 1.82) is 0 Å². The lowest BCUT2D eigenvalue weighted by molar-refractivity contribution is -0.384. The number of non-ortho nitro benzene ring substituents is 1. The van der Waals surface area contributed by atoms with Crippen LogP contribution < -0.4 is 10.6 Å². The van der Waals surface area contributed by atoms with E-state index in [4.69, 9.17) is 4.98 Å². The Morgan fingerprint density at radius 1 is 1.11 bits per heavy atom. The van der Waals surface area contributed by atoms with Crippen LogP contribution in [0.15, 0.2) is 66.9 Å². The number of nitrogens with zero attached hydrogens (tertiary/aromatic N) is 3. The second-order valence-corrected chi connectivity index (χ2v) is 10.2. The maximum Gasteiger partial charge on any atom is 0.305 e. The zero-order valence-corrected chi connectivity index (χ0v) is 21.6. The summed E-state index contributed by atoms with van der Waals surface area (Å²) >= 11 is 0. The van der Waals surface area contributed by atoms with Crippen molar-refractivity contribution < 1.29 is 19.6 Å². The Labute approximate surface area is 219 Å². The molecule has 1 unspecified atom stereocenters. The molecule has 1 amide bonds. The Bertz CT molecular complexity index is 1520. The number of carboxylic acids is 1. The molecule has 4 rings (SSSR count). The number of benzene rings is 2. The van der Waals surface area contributed by atoms with E-state index >= 15 is 0 Å². The fraction of sp³-hybridized carbons (Fsp3) is 0.250. The molecule has 2 heterocycles. The largest absolute Gasteiger partial charge is 0.481 e. The first kappa shape index (κ1) is 26.3. The van der Waals surface area contributed by atoms with Gasteiger partial charge in [0, 0.05) is 35.0 Å². The molecule has 38 heavy (non-hydrogen) atoms. The maximum absolute atomic E-state index is 13.2. The number of hydrogen-bond donors (Lipinski definition) is 3.